The van der Waals surface area contributed by atoms with Crippen LogP contribution in [0.15, 0.2) is 18.2 Å². The third-order valence-electron chi connectivity index (χ3n) is 4.31. The molecule has 0 aromatic heterocycles. The van der Waals surface area contributed by atoms with Crippen LogP contribution in [0.4, 0.5) is 0 Å². The number of methoxy groups -OCH3 is 2. The molecule has 3 unspecified atom stereocenters. The summed E-state index contributed by atoms with van der Waals surface area (Å²) in [5.74, 6) is 1.12. The van der Waals surface area contributed by atoms with Gasteiger partial charge in [0.1, 0.15) is 11.5 Å². The number of amides is 1. The smallest absolute Gasteiger partial charge is 0.223 e. The van der Waals surface area contributed by atoms with Gasteiger partial charge < -0.3 is 25.6 Å². The van der Waals surface area contributed by atoms with Crippen molar-refractivity contribution in [2.75, 3.05) is 20.8 Å². The first-order valence-electron chi connectivity index (χ1n) is 7.97. The van der Waals surface area contributed by atoms with E-state index in [1.165, 1.54) is 0 Å². The summed E-state index contributed by atoms with van der Waals surface area (Å²) in [6, 6.07) is 5.30. The molecule has 0 spiro atoms. The van der Waals surface area contributed by atoms with E-state index in [9.17, 15) is 9.90 Å². The highest BCUT2D eigenvalue weighted by atomic mass is 35.5. The van der Waals surface area contributed by atoms with Crippen molar-refractivity contribution in [2.45, 2.75) is 37.8 Å². The maximum atomic E-state index is 12.2. The summed E-state index contributed by atoms with van der Waals surface area (Å²) in [4.78, 5) is 12.2. The molecule has 136 valence electrons. The summed E-state index contributed by atoms with van der Waals surface area (Å²) in [5, 5.41) is 13.1. The summed E-state index contributed by atoms with van der Waals surface area (Å²) in [5.41, 5.74) is 6.56. The monoisotopic (exact) mass is 358 g/mol. The van der Waals surface area contributed by atoms with Gasteiger partial charge in [-0.25, -0.2) is 0 Å². The molecule has 1 aromatic carbocycles. The first-order chi connectivity index (χ1) is 11.0. The van der Waals surface area contributed by atoms with Crippen molar-refractivity contribution in [3.8, 4) is 11.5 Å². The van der Waals surface area contributed by atoms with Crippen LogP contribution in [0, 0.1) is 5.92 Å². The quantitative estimate of drug-likeness (QED) is 0.720. The van der Waals surface area contributed by atoms with Crippen LogP contribution in [0.1, 0.15) is 37.4 Å². The van der Waals surface area contributed by atoms with Crippen LogP contribution in [-0.4, -0.2) is 37.8 Å². The third kappa shape index (κ3) is 5.54. The number of hydrogen-bond donors (Lipinski definition) is 3. The fourth-order valence-corrected chi connectivity index (χ4v) is 2.95. The highest BCUT2D eigenvalue weighted by Crippen LogP contribution is 2.27. The molecular formula is C17H27ClN2O4. The van der Waals surface area contributed by atoms with Crippen molar-refractivity contribution in [1.29, 1.82) is 0 Å². The Kier molecular flexibility index (Phi) is 8.31. The van der Waals surface area contributed by atoms with Gasteiger partial charge in [-0.3, -0.25) is 4.79 Å². The van der Waals surface area contributed by atoms with E-state index in [0.29, 0.717) is 17.1 Å². The van der Waals surface area contributed by atoms with Gasteiger partial charge in [-0.2, -0.15) is 0 Å². The predicted octanol–water partition coefficient (Wildman–Crippen LogP) is 1.79. The Morgan fingerprint density at radius 2 is 1.92 bits per heavy atom. The Hall–Kier alpha value is -1.50. The lowest BCUT2D eigenvalue weighted by Crippen LogP contribution is -2.39. The number of hydrogen-bond acceptors (Lipinski definition) is 5. The van der Waals surface area contributed by atoms with E-state index in [1.807, 2.05) is 0 Å². The van der Waals surface area contributed by atoms with E-state index in [-0.39, 0.29) is 36.8 Å². The van der Waals surface area contributed by atoms with Gasteiger partial charge >= 0.3 is 0 Å². The van der Waals surface area contributed by atoms with Gasteiger partial charge in [0.05, 0.1) is 20.3 Å². The molecule has 0 bridgehead atoms. The lowest BCUT2D eigenvalue weighted by molar-refractivity contribution is -0.126. The molecule has 1 saturated carbocycles. The van der Waals surface area contributed by atoms with Crippen molar-refractivity contribution >= 4 is 18.3 Å². The molecule has 1 aliphatic carbocycles. The van der Waals surface area contributed by atoms with Gasteiger partial charge in [0, 0.05) is 24.6 Å². The highest BCUT2D eigenvalue weighted by Gasteiger charge is 2.25. The molecule has 1 aliphatic rings. The van der Waals surface area contributed by atoms with E-state index in [0.717, 1.165) is 25.7 Å². The average molecular weight is 359 g/mol. The molecule has 4 N–H and O–H groups in total. The molecule has 1 fully saturated rings. The summed E-state index contributed by atoms with van der Waals surface area (Å²) in [6.45, 7) is 0.154. The number of carbonyl (C=O) groups is 1. The SMILES string of the molecule is COc1cc(OC)cc(C(O)CNC(=O)C2CCCC(N)C2)c1.Cl. The van der Waals surface area contributed by atoms with Gasteiger partial charge in [-0.05, 0) is 37.0 Å². The minimum atomic E-state index is -0.819. The number of aliphatic hydroxyl groups is 1. The van der Waals surface area contributed by atoms with Crippen LogP contribution in [0.5, 0.6) is 11.5 Å². The zero-order chi connectivity index (χ0) is 16.8. The zero-order valence-electron chi connectivity index (χ0n) is 14.2. The highest BCUT2D eigenvalue weighted by molar-refractivity contribution is 5.85. The van der Waals surface area contributed by atoms with E-state index >= 15 is 0 Å². The Morgan fingerprint density at radius 1 is 1.29 bits per heavy atom. The number of nitrogens with one attached hydrogen (secondary N) is 1. The largest absolute Gasteiger partial charge is 0.497 e. The van der Waals surface area contributed by atoms with Crippen molar-refractivity contribution < 1.29 is 19.4 Å². The second-order valence-corrected chi connectivity index (χ2v) is 6.03. The average Bonchev–Trinajstić information content (AvgIpc) is 2.58. The van der Waals surface area contributed by atoms with E-state index in [2.05, 4.69) is 5.32 Å². The van der Waals surface area contributed by atoms with E-state index in [4.69, 9.17) is 15.2 Å². The van der Waals surface area contributed by atoms with Gasteiger partial charge in [-0.15, -0.1) is 12.4 Å². The van der Waals surface area contributed by atoms with E-state index in [1.54, 1.807) is 32.4 Å². The first-order valence-corrected chi connectivity index (χ1v) is 7.97. The van der Waals surface area contributed by atoms with Gasteiger partial charge in [0.2, 0.25) is 5.91 Å². The summed E-state index contributed by atoms with van der Waals surface area (Å²) in [7, 11) is 3.11. The zero-order valence-corrected chi connectivity index (χ0v) is 15.0. The molecule has 0 saturated heterocycles. The number of rotatable bonds is 6. The van der Waals surface area contributed by atoms with Crippen molar-refractivity contribution in [2.24, 2.45) is 11.7 Å². The molecular weight excluding hydrogens is 332 g/mol. The van der Waals surface area contributed by atoms with Crippen LogP contribution in [0.3, 0.4) is 0 Å². The summed E-state index contributed by atoms with van der Waals surface area (Å²) >= 11 is 0. The normalized spacial score (nSPS) is 21.3. The van der Waals surface area contributed by atoms with Crippen molar-refractivity contribution in [3.05, 3.63) is 23.8 Å². The molecule has 6 nitrogen and oxygen atoms in total. The third-order valence-corrected chi connectivity index (χ3v) is 4.31. The summed E-state index contributed by atoms with van der Waals surface area (Å²) < 4.78 is 10.4. The van der Waals surface area contributed by atoms with Gasteiger partial charge in [0.15, 0.2) is 0 Å². The summed E-state index contributed by atoms with van der Waals surface area (Å²) in [6.07, 6.45) is 2.72. The van der Waals surface area contributed by atoms with Crippen LogP contribution < -0.4 is 20.5 Å². The maximum Gasteiger partial charge on any atom is 0.223 e. The van der Waals surface area contributed by atoms with Crippen LogP contribution >= 0.6 is 12.4 Å². The number of aliphatic hydroxyl groups excluding tert-OH is 1. The van der Waals surface area contributed by atoms with Crippen molar-refractivity contribution in [3.63, 3.8) is 0 Å². The minimum Gasteiger partial charge on any atom is -0.497 e. The Morgan fingerprint density at radius 3 is 2.46 bits per heavy atom. The Labute approximate surface area is 149 Å². The number of benzene rings is 1. The maximum absolute atomic E-state index is 12.2. The molecule has 0 radical (unpaired) electrons. The molecule has 1 amide bonds. The van der Waals surface area contributed by atoms with Crippen LogP contribution in [0.25, 0.3) is 0 Å². The lowest BCUT2D eigenvalue weighted by Gasteiger charge is -2.26. The topological polar surface area (TPSA) is 93.8 Å². The number of carbonyl (C=O) groups excluding carboxylic acids is 1. The van der Waals surface area contributed by atoms with Gasteiger partial charge in [-0.1, -0.05) is 6.42 Å². The second-order valence-electron chi connectivity index (χ2n) is 6.03. The second kappa shape index (κ2) is 9.71. The molecule has 0 heterocycles. The molecule has 2 rings (SSSR count). The van der Waals surface area contributed by atoms with E-state index < -0.39 is 6.10 Å². The van der Waals surface area contributed by atoms with Gasteiger partial charge in [0.25, 0.3) is 0 Å². The van der Waals surface area contributed by atoms with Crippen LogP contribution in [-0.2, 0) is 4.79 Å². The lowest BCUT2D eigenvalue weighted by atomic mass is 9.85. The molecule has 1 aromatic rings. The standard InChI is InChI=1S/C17H26N2O4.ClH/c1-22-14-7-12(8-15(9-14)23-2)16(20)10-19-17(21)11-4-3-5-13(18)6-11;/h7-9,11,13,16,20H,3-6,10,18H2,1-2H3,(H,19,21);1H. The van der Waals surface area contributed by atoms with Crippen LogP contribution in [0.2, 0.25) is 0 Å². The Bertz CT molecular complexity index is 519. The number of nitrogens with two attached hydrogens (primary N) is 1. The number of ether oxygens (including phenoxy) is 2. The first kappa shape index (κ1) is 20.5. The molecule has 3 atom stereocenters. The van der Waals surface area contributed by atoms with Crippen molar-refractivity contribution in [1.82, 2.24) is 5.32 Å². The minimum absolute atomic E-state index is 0. The molecule has 7 heteroatoms. The molecule has 0 aliphatic heterocycles. The predicted molar refractivity (Wildman–Crippen MR) is 94.7 cm³/mol. The fraction of sp³-hybridized carbons (Fsp3) is 0.588. The fourth-order valence-electron chi connectivity index (χ4n) is 2.95. The number of halogens is 1. The Balaban J connectivity index is 0.00000288. The molecule has 24 heavy (non-hydrogen) atoms.